The zero-order valence-corrected chi connectivity index (χ0v) is 11.8. The van der Waals surface area contributed by atoms with Gasteiger partial charge in [-0.15, -0.1) is 0 Å². The van der Waals surface area contributed by atoms with Crippen molar-refractivity contribution in [3.8, 4) is 0 Å². The van der Waals surface area contributed by atoms with Gasteiger partial charge in [-0.05, 0) is 37.3 Å². The molecule has 0 N–H and O–H groups in total. The summed E-state index contributed by atoms with van der Waals surface area (Å²) in [6.07, 6.45) is 8.50. The van der Waals surface area contributed by atoms with E-state index in [0.717, 1.165) is 5.92 Å². The first-order valence-corrected chi connectivity index (χ1v) is 7.64. The minimum atomic E-state index is 0.967. The lowest BCUT2D eigenvalue weighted by Crippen LogP contribution is -2.32. The zero-order chi connectivity index (χ0) is 12.6. The molecule has 1 aliphatic carbocycles. The van der Waals surface area contributed by atoms with Gasteiger partial charge in [0.05, 0.1) is 0 Å². The van der Waals surface area contributed by atoms with Gasteiger partial charge in [-0.3, -0.25) is 0 Å². The molecule has 100 valence electrons. The number of nitrogens with zero attached hydrogens (tertiary/aromatic N) is 1. The molecule has 1 aliphatic rings. The molecule has 0 aliphatic heterocycles. The Morgan fingerprint density at radius 2 is 1.78 bits per heavy atom. The summed E-state index contributed by atoms with van der Waals surface area (Å²) in [5.74, 6) is 0.967. The summed E-state index contributed by atoms with van der Waals surface area (Å²) in [6.45, 7) is 6.04. The highest BCUT2D eigenvalue weighted by Gasteiger charge is 2.16. The van der Waals surface area contributed by atoms with E-state index in [1.54, 1.807) is 0 Å². The average Bonchev–Trinajstić information content (AvgIpc) is 2.45. The standard InChI is InChI=1S/C17H27N/c1-2-18(15-17-11-7-4-8-12-17)14-13-16-9-5-3-6-10-16/h3,5-6,9-10,17H,2,4,7-8,11-15H2,1H3. The predicted molar refractivity (Wildman–Crippen MR) is 78.8 cm³/mol. The first kappa shape index (κ1) is 13.6. The van der Waals surface area contributed by atoms with Crippen molar-refractivity contribution in [2.75, 3.05) is 19.6 Å². The van der Waals surface area contributed by atoms with E-state index < -0.39 is 0 Å². The van der Waals surface area contributed by atoms with E-state index in [4.69, 9.17) is 0 Å². The fourth-order valence-electron chi connectivity index (χ4n) is 3.05. The molecule has 1 fully saturated rings. The van der Waals surface area contributed by atoms with E-state index in [-0.39, 0.29) is 0 Å². The van der Waals surface area contributed by atoms with Crippen LogP contribution in [0.2, 0.25) is 0 Å². The van der Waals surface area contributed by atoms with Gasteiger partial charge in [-0.1, -0.05) is 56.5 Å². The summed E-state index contributed by atoms with van der Waals surface area (Å²) in [6, 6.07) is 10.9. The number of likely N-dealkylation sites (N-methyl/N-ethyl adjacent to an activating group) is 1. The van der Waals surface area contributed by atoms with Gasteiger partial charge < -0.3 is 4.90 Å². The van der Waals surface area contributed by atoms with Gasteiger partial charge in [-0.25, -0.2) is 0 Å². The summed E-state index contributed by atoms with van der Waals surface area (Å²) in [4.78, 5) is 2.64. The number of benzene rings is 1. The van der Waals surface area contributed by atoms with Crippen LogP contribution in [0.1, 0.15) is 44.6 Å². The molecule has 1 aromatic carbocycles. The summed E-state index contributed by atoms with van der Waals surface area (Å²) in [7, 11) is 0. The zero-order valence-electron chi connectivity index (χ0n) is 11.8. The largest absolute Gasteiger partial charge is 0.303 e. The summed E-state index contributed by atoms with van der Waals surface area (Å²) >= 11 is 0. The maximum atomic E-state index is 2.64. The molecule has 0 spiro atoms. The predicted octanol–water partition coefficient (Wildman–Crippen LogP) is 4.13. The SMILES string of the molecule is CCN(CCc1ccccc1)CC1CCCCC1. The average molecular weight is 245 g/mol. The van der Waals surface area contributed by atoms with Crippen LogP contribution >= 0.6 is 0 Å². The van der Waals surface area contributed by atoms with Crippen LogP contribution < -0.4 is 0 Å². The normalized spacial score (nSPS) is 17.2. The molecule has 0 radical (unpaired) electrons. The first-order valence-electron chi connectivity index (χ1n) is 7.64. The van der Waals surface area contributed by atoms with E-state index in [1.807, 2.05) is 0 Å². The molecule has 1 nitrogen and oxygen atoms in total. The highest BCUT2D eigenvalue weighted by molar-refractivity contribution is 5.14. The Kier molecular flexibility index (Phi) is 5.73. The van der Waals surface area contributed by atoms with Crippen LogP contribution in [0.25, 0.3) is 0 Å². The van der Waals surface area contributed by atoms with Crippen molar-refractivity contribution >= 4 is 0 Å². The Morgan fingerprint density at radius 1 is 1.06 bits per heavy atom. The Hall–Kier alpha value is -0.820. The maximum Gasteiger partial charge on any atom is 0.00218 e. The Labute approximate surface area is 112 Å². The minimum absolute atomic E-state index is 0.967. The van der Waals surface area contributed by atoms with Crippen molar-refractivity contribution < 1.29 is 0 Å². The molecule has 0 aromatic heterocycles. The monoisotopic (exact) mass is 245 g/mol. The van der Waals surface area contributed by atoms with Crippen molar-refractivity contribution in [3.05, 3.63) is 35.9 Å². The quantitative estimate of drug-likeness (QED) is 0.728. The summed E-state index contributed by atoms with van der Waals surface area (Å²) in [5, 5.41) is 0. The molecule has 1 aromatic rings. The molecule has 0 unspecified atom stereocenters. The van der Waals surface area contributed by atoms with Gasteiger partial charge in [0, 0.05) is 13.1 Å². The van der Waals surface area contributed by atoms with Crippen LogP contribution in [-0.2, 0) is 6.42 Å². The number of hydrogen-bond donors (Lipinski definition) is 0. The molecule has 18 heavy (non-hydrogen) atoms. The second-order valence-corrected chi connectivity index (χ2v) is 5.63. The molecular weight excluding hydrogens is 218 g/mol. The van der Waals surface area contributed by atoms with Crippen molar-refractivity contribution in [1.82, 2.24) is 4.90 Å². The lowest BCUT2D eigenvalue weighted by molar-refractivity contribution is 0.210. The molecule has 0 bridgehead atoms. The third kappa shape index (κ3) is 4.45. The Morgan fingerprint density at radius 3 is 2.44 bits per heavy atom. The van der Waals surface area contributed by atoms with Gasteiger partial charge in [0.2, 0.25) is 0 Å². The number of rotatable bonds is 6. The molecule has 0 saturated heterocycles. The third-order valence-electron chi connectivity index (χ3n) is 4.25. The van der Waals surface area contributed by atoms with E-state index in [9.17, 15) is 0 Å². The van der Waals surface area contributed by atoms with Gasteiger partial charge >= 0.3 is 0 Å². The molecule has 0 amide bonds. The highest BCUT2D eigenvalue weighted by atomic mass is 15.1. The smallest absolute Gasteiger partial charge is 0.00218 e. The van der Waals surface area contributed by atoms with Gasteiger partial charge in [0.1, 0.15) is 0 Å². The van der Waals surface area contributed by atoms with Gasteiger partial charge in [-0.2, -0.15) is 0 Å². The van der Waals surface area contributed by atoms with E-state index in [2.05, 4.69) is 42.2 Å². The second kappa shape index (κ2) is 7.58. The highest BCUT2D eigenvalue weighted by Crippen LogP contribution is 2.24. The fraction of sp³-hybridized carbons (Fsp3) is 0.647. The molecule has 0 heterocycles. The van der Waals surface area contributed by atoms with Crippen LogP contribution in [0.5, 0.6) is 0 Å². The first-order chi connectivity index (χ1) is 8.88. The van der Waals surface area contributed by atoms with Crippen LogP contribution in [-0.4, -0.2) is 24.5 Å². The molecule has 0 atom stereocenters. The summed E-state index contributed by atoms with van der Waals surface area (Å²) in [5.41, 5.74) is 1.47. The summed E-state index contributed by atoms with van der Waals surface area (Å²) < 4.78 is 0. The van der Waals surface area contributed by atoms with Crippen LogP contribution in [0.4, 0.5) is 0 Å². The Balaban J connectivity index is 1.74. The van der Waals surface area contributed by atoms with Crippen molar-refractivity contribution in [3.63, 3.8) is 0 Å². The van der Waals surface area contributed by atoms with Gasteiger partial charge in [0.15, 0.2) is 0 Å². The lowest BCUT2D eigenvalue weighted by atomic mass is 9.89. The fourth-order valence-corrected chi connectivity index (χ4v) is 3.05. The Bertz CT molecular complexity index is 314. The van der Waals surface area contributed by atoms with Gasteiger partial charge in [0.25, 0.3) is 0 Å². The van der Waals surface area contributed by atoms with Crippen molar-refractivity contribution in [2.24, 2.45) is 5.92 Å². The molecule has 1 heteroatoms. The maximum absolute atomic E-state index is 2.64. The van der Waals surface area contributed by atoms with Crippen LogP contribution in [0, 0.1) is 5.92 Å². The van der Waals surface area contributed by atoms with Crippen LogP contribution in [0.3, 0.4) is 0 Å². The second-order valence-electron chi connectivity index (χ2n) is 5.63. The van der Waals surface area contributed by atoms with E-state index >= 15 is 0 Å². The van der Waals surface area contributed by atoms with E-state index in [1.165, 1.54) is 63.7 Å². The third-order valence-corrected chi connectivity index (χ3v) is 4.25. The minimum Gasteiger partial charge on any atom is -0.303 e. The topological polar surface area (TPSA) is 3.24 Å². The van der Waals surface area contributed by atoms with Crippen molar-refractivity contribution in [2.45, 2.75) is 45.4 Å². The lowest BCUT2D eigenvalue weighted by Gasteiger charge is -2.28. The van der Waals surface area contributed by atoms with Crippen LogP contribution in [0.15, 0.2) is 30.3 Å². The van der Waals surface area contributed by atoms with E-state index in [0.29, 0.717) is 0 Å². The molecule has 1 saturated carbocycles. The number of hydrogen-bond acceptors (Lipinski definition) is 1. The molecular formula is C17H27N. The molecule has 2 rings (SSSR count). The van der Waals surface area contributed by atoms with Crippen molar-refractivity contribution in [1.29, 1.82) is 0 Å².